The lowest BCUT2D eigenvalue weighted by molar-refractivity contribution is 0.0599. The van der Waals surface area contributed by atoms with Crippen molar-refractivity contribution >= 4 is 31.9 Å². The molecule has 1 atom stereocenters. The van der Waals surface area contributed by atoms with Gasteiger partial charge in [0.25, 0.3) is 0 Å². The van der Waals surface area contributed by atoms with E-state index in [1.165, 1.54) is 25.3 Å². The molecule has 0 unspecified atom stereocenters. The molecular weight excluding hydrogens is 346 g/mol. The normalized spacial score (nSPS) is 13.3. The first-order valence-electron chi connectivity index (χ1n) is 6.09. The number of rotatable bonds is 5. The SMILES string of the molecule is COC(=O)c1cc(S(=O)(=O)N[C@@H](C)C(C)C)ccc1Br. The fourth-order valence-electron chi connectivity index (χ4n) is 1.39. The Labute approximate surface area is 127 Å². The van der Waals surface area contributed by atoms with Gasteiger partial charge in [-0.05, 0) is 47.0 Å². The van der Waals surface area contributed by atoms with Gasteiger partial charge in [-0.2, -0.15) is 0 Å². The molecule has 7 heteroatoms. The average Bonchev–Trinajstić information content (AvgIpc) is 2.37. The molecule has 0 radical (unpaired) electrons. The molecule has 0 aliphatic heterocycles. The van der Waals surface area contributed by atoms with Crippen LogP contribution < -0.4 is 4.72 Å². The quantitative estimate of drug-likeness (QED) is 0.815. The van der Waals surface area contributed by atoms with E-state index in [9.17, 15) is 13.2 Å². The van der Waals surface area contributed by atoms with Crippen molar-refractivity contribution in [2.24, 2.45) is 5.92 Å². The number of carbonyl (C=O) groups excluding carboxylic acids is 1. The van der Waals surface area contributed by atoms with Gasteiger partial charge >= 0.3 is 5.97 Å². The molecule has 1 rings (SSSR count). The number of hydrogen-bond donors (Lipinski definition) is 1. The highest BCUT2D eigenvalue weighted by Crippen LogP contribution is 2.22. The van der Waals surface area contributed by atoms with Crippen molar-refractivity contribution in [2.75, 3.05) is 7.11 Å². The van der Waals surface area contributed by atoms with E-state index in [2.05, 4.69) is 25.4 Å². The van der Waals surface area contributed by atoms with Crippen LogP contribution in [-0.2, 0) is 14.8 Å². The summed E-state index contributed by atoms with van der Waals surface area (Å²) in [5, 5.41) is 0. The zero-order valence-corrected chi connectivity index (χ0v) is 14.2. The van der Waals surface area contributed by atoms with Crippen molar-refractivity contribution in [3.63, 3.8) is 0 Å². The predicted octanol–water partition coefficient (Wildman–Crippen LogP) is 2.56. The third-order valence-corrected chi connectivity index (χ3v) is 5.24. The monoisotopic (exact) mass is 363 g/mol. The summed E-state index contributed by atoms with van der Waals surface area (Å²) in [7, 11) is -2.42. The highest BCUT2D eigenvalue weighted by atomic mass is 79.9. The Bertz CT molecular complexity index is 598. The second-order valence-electron chi connectivity index (χ2n) is 4.79. The number of hydrogen-bond acceptors (Lipinski definition) is 4. The number of sulfonamides is 1. The smallest absolute Gasteiger partial charge is 0.339 e. The van der Waals surface area contributed by atoms with Crippen molar-refractivity contribution < 1.29 is 17.9 Å². The molecule has 0 aliphatic rings. The first-order chi connectivity index (χ1) is 9.19. The van der Waals surface area contributed by atoms with Gasteiger partial charge in [0, 0.05) is 10.5 Å². The lowest BCUT2D eigenvalue weighted by Crippen LogP contribution is -2.36. The van der Waals surface area contributed by atoms with Gasteiger partial charge in [-0.3, -0.25) is 0 Å². The zero-order valence-electron chi connectivity index (χ0n) is 11.8. The highest BCUT2D eigenvalue weighted by Gasteiger charge is 2.21. The molecule has 0 spiro atoms. The Morgan fingerprint density at radius 2 is 1.90 bits per heavy atom. The summed E-state index contributed by atoms with van der Waals surface area (Å²) >= 11 is 3.20. The number of ether oxygens (including phenoxy) is 1. The van der Waals surface area contributed by atoms with Gasteiger partial charge in [-0.25, -0.2) is 17.9 Å². The van der Waals surface area contributed by atoms with Crippen LogP contribution in [0.25, 0.3) is 0 Å². The molecule has 0 aliphatic carbocycles. The van der Waals surface area contributed by atoms with Gasteiger partial charge in [0.05, 0.1) is 17.6 Å². The highest BCUT2D eigenvalue weighted by molar-refractivity contribution is 9.10. The van der Waals surface area contributed by atoms with Crippen LogP contribution in [0, 0.1) is 5.92 Å². The van der Waals surface area contributed by atoms with Crippen molar-refractivity contribution in [2.45, 2.75) is 31.7 Å². The molecule has 0 aromatic heterocycles. The minimum atomic E-state index is -3.66. The van der Waals surface area contributed by atoms with Crippen molar-refractivity contribution in [3.05, 3.63) is 28.2 Å². The average molecular weight is 364 g/mol. The maximum Gasteiger partial charge on any atom is 0.339 e. The van der Waals surface area contributed by atoms with Gasteiger partial charge in [-0.15, -0.1) is 0 Å². The summed E-state index contributed by atoms with van der Waals surface area (Å²) in [6.45, 7) is 5.64. The van der Waals surface area contributed by atoms with Gasteiger partial charge in [0.1, 0.15) is 0 Å². The molecule has 1 aromatic carbocycles. The van der Waals surface area contributed by atoms with Crippen LogP contribution in [0.4, 0.5) is 0 Å². The number of halogens is 1. The minimum absolute atomic E-state index is 0.0357. The molecule has 20 heavy (non-hydrogen) atoms. The third kappa shape index (κ3) is 4.04. The minimum Gasteiger partial charge on any atom is -0.465 e. The van der Waals surface area contributed by atoms with Crippen LogP contribution in [0.15, 0.2) is 27.6 Å². The fourth-order valence-corrected chi connectivity index (χ4v) is 3.21. The summed E-state index contributed by atoms with van der Waals surface area (Å²) < 4.78 is 32.2. The third-order valence-electron chi connectivity index (χ3n) is 2.99. The molecule has 0 amide bonds. The van der Waals surface area contributed by atoms with Crippen LogP contribution in [0.2, 0.25) is 0 Å². The standard InChI is InChI=1S/C13H18BrNO4S/c1-8(2)9(3)15-20(17,18)10-5-6-12(14)11(7-10)13(16)19-4/h5-9,15H,1-4H3/t9-/m0/s1. The number of esters is 1. The van der Waals surface area contributed by atoms with Gasteiger partial charge in [0.15, 0.2) is 0 Å². The van der Waals surface area contributed by atoms with Crippen molar-refractivity contribution in [1.82, 2.24) is 4.72 Å². The zero-order chi connectivity index (χ0) is 15.5. The van der Waals surface area contributed by atoms with Crippen molar-refractivity contribution in [3.8, 4) is 0 Å². The number of methoxy groups -OCH3 is 1. The van der Waals surface area contributed by atoms with Crippen LogP contribution in [0.5, 0.6) is 0 Å². The van der Waals surface area contributed by atoms with E-state index < -0.39 is 16.0 Å². The Kier molecular flexibility index (Phi) is 5.73. The van der Waals surface area contributed by atoms with E-state index in [-0.39, 0.29) is 22.4 Å². The largest absolute Gasteiger partial charge is 0.465 e. The molecule has 112 valence electrons. The first-order valence-corrected chi connectivity index (χ1v) is 8.37. The first kappa shape index (κ1) is 17.1. The van der Waals surface area contributed by atoms with E-state index in [0.717, 1.165) is 0 Å². The lowest BCUT2D eigenvalue weighted by Gasteiger charge is -2.17. The second-order valence-corrected chi connectivity index (χ2v) is 7.36. The lowest BCUT2D eigenvalue weighted by atomic mass is 10.1. The molecule has 0 heterocycles. The Morgan fingerprint density at radius 3 is 2.40 bits per heavy atom. The topological polar surface area (TPSA) is 72.5 Å². The molecular formula is C13H18BrNO4S. The molecule has 0 bridgehead atoms. The predicted molar refractivity (Wildman–Crippen MR) is 80.1 cm³/mol. The van der Waals surface area contributed by atoms with Crippen LogP contribution in [-0.4, -0.2) is 27.5 Å². The fraction of sp³-hybridized carbons (Fsp3) is 0.462. The summed E-state index contributed by atoms with van der Waals surface area (Å²) in [6, 6.07) is 4.04. The Morgan fingerprint density at radius 1 is 1.30 bits per heavy atom. The van der Waals surface area contributed by atoms with E-state index >= 15 is 0 Å². The molecule has 0 fully saturated rings. The summed E-state index contributed by atoms with van der Waals surface area (Å²) in [5.74, 6) is -0.425. The summed E-state index contributed by atoms with van der Waals surface area (Å²) in [4.78, 5) is 11.6. The summed E-state index contributed by atoms with van der Waals surface area (Å²) in [5.41, 5.74) is 0.174. The number of carbonyl (C=O) groups is 1. The van der Waals surface area contributed by atoms with Crippen molar-refractivity contribution in [1.29, 1.82) is 0 Å². The van der Waals surface area contributed by atoms with Gasteiger partial charge in [-0.1, -0.05) is 13.8 Å². The van der Waals surface area contributed by atoms with Crippen LogP contribution >= 0.6 is 15.9 Å². The van der Waals surface area contributed by atoms with E-state index in [1.807, 2.05) is 13.8 Å². The maximum absolute atomic E-state index is 12.2. The van der Waals surface area contributed by atoms with E-state index in [0.29, 0.717) is 4.47 Å². The summed E-state index contributed by atoms with van der Waals surface area (Å²) in [6.07, 6.45) is 0. The molecule has 1 N–H and O–H groups in total. The van der Waals surface area contributed by atoms with E-state index in [1.54, 1.807) is 6.92 Å². The van der Waals surface area contributed by atoms with Crippen LogP contribution in [0.3, 0.4) is 0 Å². The molecule has 0 saturated heterocycles. The van der Waals surface area contributed by atoms with E-state index in [4.69, 9.17) is 0 Å². The molecule has 1 aromatic rings. The second kappa shape index (κ2) is 6.69. The van der Waals surface area contributed by atoms with Gasteiger partial charge in [0.2, 0.25) is 10.0 Å². The maximum atomic E-state index is 12.2. The molecule has 0 saturated carbocycles. The molecule has 5 nitrogen and oxygen atoms in total. The Balaban J connectivity index is 3.17. The van der Waals surface area contributed by atoms with Gasteiger partial charge < -0.3 is 4.74 Å². The Hall–Kier alpha value is -0.920. The number of benzene rings is 1. The van der Waals surface area contributed by atoms with Crippen LogP contribution in [0.1, 0.15) is 31.1 Å². The number of nitrogens with one attached hydrogen (secondary N) is 1.